The van der Waals surface area contributed by atoms with Crippen LogP contribution in [0.3, 0.4) is 0 Å². The van der Waals surface area contributed by atoms with Crippen LogP contribution in [-0.2, 0) is 10.0 Å². The second-order valence-electron chi connectivity index (χ2n) is 3.54. The van der Waals surface area contributed by atoms with Gasteiger partial charge in [-0.1, -0.05) is 23.2 Å². The fourth-order valence-corrected chi connectivity index (χ4v) is 3.11. The van der Waals surface area contributed by atoms with Crippen LogP contribution in [0, 0.1) is 5.82 Å². The minimum absolute atomic E-state index is 0.0285. The second-order valence-corrected chi connectivity index (χ2v) is 6.00. The molecule has 0 fully saturated rings. The van der Waals surface area contributed by atoms with Crippen molar-refractivity contribution in [3.8, 4) is 0 Å². The van der Waals surface area contributed by atoms with E-state index in [0.717, 1.165) is 18.3 Å². The van der Waals surface area contributed by atoms with Gasteiger partial charge in [0.25, 0.3) is 10.0 Å². The molecule has 0 saturated carbocycles. The molecular formula is C11H7Cl2FN2O2S. The summed E-state index contributed by atoms with van der Waals surface area (Å²) >= 11 is 11.5. The van der Waals surface area contributed by atoms with E-state index in [-0.39, 0.29) is 20.6 Å². The molecule has 0 unspecified atom stereocenters. The van der Waals surface area contributed by atoms with Crippen LogP contribution in [0.25, 0.3) is 0 Å². The summed E-state index contributed by atoms with van der Waals surface area (Å²) in [5.41, 5.74) is 0.0583. The third kappa shape index (κ3) is 3.15. The Balaban J connectivity index is 2.40. The number of hydrogen-bond donors (Lipinski definition) is 1. The van der Waals surface area contributed by atoms with Gasteiger partial charge in [0.2, 0.25) is 0 Å². The number of nitrogens with zero attached hydrogens (tertiary/aromatic N) is 1. The molecule has 2 aromatic rings. The molecule has 2 rings (SSSR count). The molecule has 1 N–H and O–H groups in total. The fraction of sp³-hybridized carbons (Fsp3) is 0. The zero-order chi connectivity index (χ0) is 14.0. The van der Waals surface area contributed by atoms with E-state index in [1.165, 1.54) is 18.3 Å². The van der Waals surface area contributed by atoms with Crippen molar-refractivity contribution in [3.05, 3.63) is 52.5 Å². The summed E-state index contributed by atoms with van der Waals surface area (Å²) in [7, 11) is -3.93. The molecule has 0 atom stereocenters. The molecule has 1 aromatic carbocycles. The lowest BCUT2D eigenvalue weighted by atomic mass is 10.3. The van der Waals surface area contributed by atoms with E-state index in [1.807, 2.05) is 0 Å². The maximum Gasteiger partial charge on any atom is 0.264 e. The quantitative estimate of drug-likeness (QED) is 0.943. The summed E-state index contributed by atoms with van der Waals surface area (Å²) in [6, 6.07) is 4.67. The van der Waals surface area contributed by atoms with Crippen LogP contribution in [0.1, 0.15) is 0 Å². The van der Waals surface area contributed by atoms with Crippen LogP contribution < -0.4 is 4.72 Å². The van der Waals surface area contributed by atoms with Crippen LogP contribution in [0.4, 0.5) is 10.1 Å². The molecule has 0 saturated heterocycles. The van der Waals surface area contributed by atoms with Crippen LogP contribution in [-0.4, -0.2) is 13.4 Å². The number of pyridine rings is 1. The summed E-state index contributed by atoms with van der Waals surface area (Å²) in [6.45, 7) is 0. The van der Waals surface area contributed by atoms with E-state index in [1.54, 1.807) is 0 Å². The number of halogens is 3. The topological polar surface area (TPSA) is 59.1 Å². The van der Waals surface area contributed by atoms with Gasteiger partial charge < -0.3 is 0 Å². The molecule has 0 aliphatic carbocycles. The van der Waals surface area contributed by atoms with Crippen molar-refractivity contribution >= 4 is 38.9 Å². The third-order valence-corrected chi connectivity index (χ3v) is 4.35. The number of aromatic nitrogens is 1. The van der Waals surface area contributed by atoms with E-state index in [2.05, 4.69) is 9.71 Å². The minimum Gasteiger partial charge on any atom is -0.278 e. The summed E-state index contributed by atoms with van der Waals surface area (Å²) in [5, 5.41) is -0.0238. The molecule has 0 radical (unpaired) electrons. The average Bonchev–Trinajstić information content (AvgIpc) is 2.33. The number of rotatable bonds is 3. The Morgan fingerprint density at radius 1 is 1.16 bits per heavy atom. The predicted octanol–water partition coefficient (Wildman–Crippen LogP) is 3.33. The first-order valence-electron chi connectivity index (χ1n) is 4.97. The summed E-state index contributed by atoms with van der Waals surface area (Å²) in [5.74, 6) is -0.563. The van der Waals surface area contributed by atoms with Crippen molar-refractivity contribution in [1.29, 1.82) is 0 Å². The van der Waals surface area contributed by atoms with E-state index < -0.39 is 15.8 Å². The molecule has 1 aromatic heterocycles. The first-order chi connectivity index (χ1) is 8.90. The number of benzene rings is 1. The SMILES string of the molecule is O=S(=O)(Nc1ccc(F)cc1Cl)c1cnccc1Cl. The summed E-state index contributed by atoms with van der Waals surface area (Å²) in [6.07, 6.45) is 2.48. The maximum absolute atomic E-state index is 12.9. The third-order valence-electron chi connectivity index (χ3n) is 2.20. The number of anilines is 1. The number of hydrogen-bond acceptors (Lipinski definition) is 3. The average molecular weight is 321 g/mol. The highest BCUT2D eigenvalue weighted by atomic mass is 35.5. The zero-order valence-corrected chi connectivity index (χ0v) is 11.6. The van der Waals surface area contributed by atoms with Crippen LogP contribution >= 0.6 is 23.2 Å². The Kier molecular flexibility index (Phi) is 3.93. The molecule has 8 heteroatoms. The van der Waals surface area contributed by atoms with Gasteiger partial charge in [0, 0.05) is 12.4 Å². The molecule has 19 heavy (non-hydrogen) atoms. The monoisotopic (exact) mass is 320 g/mol. The van der Waals surface area contributed by atoms with Gasteiger partial charge in [-0.15, -0.1) is 0 Å². The Morgan fingerprint density at radius 3 is 2.53 bits per heavy atom. The normalized spacial score (nSPS) is 11.3. The van der Waals surface area contributed by atoms with Crippen molar-refractivity contribution < 1.29 is 12.8 Å². The lowest BCUT2D eigenvalue weighted by molar-refractivity contribution is 0.600. The summed E-state index contributed by atoms with van der Waals surface area (Å²) < 4.78 is 39.2. The second kappa shape index (κ2) is 5.32. The molecule has 100 valence electrons. The molecule has 0 aliphatic heterocycles. The van der Waals surface area contributed by atoms with Crippen molar-refractivity contribution in [2.45, 2.75) is 4.90 Å². The molecule has 0 amide bonds. The summed E-state index contributed by atoms with van der Waals surface area (Å²) in [4.78, 5) is 3.51. The number of nitrogens with one attached hydrogen (secondary N) is 1. The largest absolute Gasteiger partial charge is 0.278 e. The van der Waals surface area contributed by atoms with Crippen LogP contribution in [0.5, 0.6) is 0 Å². The molecule has 0 bridgehead atoms. The fourth-order valence-electron chi connectivity index (χ4n) is 1.33. The highest BCUT2D eigenvalue weighted by Crippen LogP contribution is 2.27. The highest BCUT2D eigenvalue weighted by molar-refractivity contribution is 7.92. The van der Waals surface area contributed by atoms with Gasteiger partial charge in [0.1, 0.15) is 10.7 Å². The van der Waals surface area contributed by atoms with Crippen molar-refractivity contribution in [2.75, 3.05) is 4.72 Å². The molecule has 1 heterocycles. The van der Waals surface area contributed by atoms with Gasteiger partial charge in [-0.25, -0.2) is 12.8 Å². The van der Waals surface area contributed by atoms with Gasteiger partial charge in [-0.2, -0.15) is 0 Å². The highest BCUT2D eigenvalue weighted by Gasteiger charge is 2.19. The number of sulfonamides is 1. The van der Waals surface area contributed by atoms with E-state index in [4.69, 9.17) is 23.2 Å². The predicted molar refractivity (Wildman–Crippen MR) is 71.5 cm³/mol. The van der Waals surface area contributed by atoms with Crippen molar-refractivity contribution in [1.82, 2.24) is 4.98 Å². The van der Waals surface area contributed by atoms with Crippen LogP contribution in [0.2, 0.25) is 10.0 Å². The van der Waals surface area contributed by atoms with E-state index in [0.29, 0.717) is 0 Å². The van der Waals surface area contributed by atoms with Crippen molar-refractivity contribution in [3.63, 3.8) is 0 Å². The van der Waals surface area contributed by atoms with Gasteiger partial charge in [-0.05, 0) is 24.3 Å². The molecule has 0 aliphatic rings. The first-order valence-corrected chi connectivity index (χ1v) is 7.21. The molecule has 4 nitrogen and oxygen atoms in total. The zero-order valence-electron chi connectivity index (χ0n) is 9.27. The van der Waals surface area contributed by atoms with Crippen LogP contribution in [0.15, 0.2) is 41.6 Å². The lowest BCUT2D eigenvalue weighted by Crippen LogP contribution is -2.14. The standard InChI is InChI=1S/C11H7Cl2FN2O2S/c12-8-3-4-15-6-11(8)19(17,18)16-10-2-1-7(14)5-9(10)13/h1-6,16H. The Morgan fingerprint density at radius 2 is 1.89 bits per heavy atom. The molecule has 0 spiro atoms. The van der Waals surface area contributed by atoms with Gasteiger partial charge in [0.05, 0.1) is 15.7 Å². The van der Waals surface area contributed by atoms with Gasteiger partial charge in [0.15, 0.2) is 0 Å². The molecular weight excluding hydrogens is 314 g/mol. The first kappa shape index (κ1) is 14.0. The van der Waals surface area contributed by atoms with Gasteiger partial charge >= 0.3 is 0 Å². The van der Waals surface area contributed by atoms with E-state index >= 15 is 0 Å². The Labute approximate surface area is 119 Å². The minimum atomic E-state index is -3.93. The van der Waals surface area contributed by atoms with Crippen molar-refractivity contribution in [2.24, 2.45) is 0 Å². The Bertz CT molecular complexity index is 722. The van der Waals surface area contributed by atoms with Gasteiger partial charge in [-0.3, -0.25) is 9.71 Å². The Hall–Kier alpha value is -1.37. The smallest absolute Gasteiger partial charge is 0.264 e. The van der Waals surface area contributed by atoms with E-state index in [9.17, 15) is 12.8 Å². The lowest BCUT2D eigenvalue weighted by Gasteiger charge is -2.10. The maximum atomic E-state index is 12.9.